The minimum absolute atomic E-state index is 0.426. The van der Waals surface area contributed by atoms with E-state index in [2.05, 4.69) is 24.3 Å². The molecule has 0 aliphatic heterocycles. The highest BCUT2D eigenvalue weighted by Gasteiger charge is 2.07. The largest absolute Gasteiger partial charge is 0.489 e. The monoisotopic (exact) mass is 356 g/mol. The molecule has 0 atom stereocenters. The Kier molecular flexibility index (Phi) is 5.79. The van der Waals surface area contributed by atoms with Gasteiger partial charge in [0.1, 0.15) is 12.4 Å². The highest BCUT2D eigenvalue weighted by Crippen LogP contribution is 2.25. The first-order chi connectivity index (χ1) is 11.8. The van der Waals surface area contributed by atoms with Gasteiger partial charge in [0.25, 0.3) is 0 Å². The summed E-state index contributed by atoms with van der Waals surface area (Å²) in [5.41, 5.74) is 4.39. The van der Waals surface area contributed by atoms with Gasteiger partial charge in [-0.15, -0.1) is 11.6 Å². The first-order valence-corrected chi connectivity index (χ1v) is 8.75. The Hall–Kier alpha value is -1.96. The van der Waals surface area contributed by atoms with Crippen molar-refractivity contribution in [3.8, 4) is 5.75 Å². The van der Waals surface area contributed by atoms with Gasteiger partial charge in [-0.25, -0.2) is 0 Å². The lowest BCUT2D eigenvalue weighted by Crippen LogP contribution is -1.99. The molecule has 0 amide bonds. The predicted molar refractivity (Wildman–Crippen MR) is 101 cm³/mol. The van der Waals surface area contributed by atoms with Crippen LogP contribution in [0.3, 0.4) is 0 Å². The van der Waals surface area contributed by atoms with Crippen molar-refractivity contribution in [2.75, 3.05) is 0 Å². The van der Waals surface area contributed by atoms with Crippen molar-refractivity contribution in [1.82, 2.24) is 0 Å². The molecule has 1 nitrogen and oxygen atoms in total. The molecule has 0 N–H and O–H groups in total. The molecule has 0 saturated carbocycles. The quantitative estimate of drug-likeness (QED) is 0.474. The molecule has 122 valence electrons. The van der Waals surface area contributed by atoms with Crippen LogP contribution in [0.1, 0.15) is 22.3 Å². The molecule has 0 bridgehead atoms. The molecule has 0 aliphatic carbocycles. The zero-order valence-electron chi connectivity index (χ0n) is 13.2. The van der Waals surface area contributed by atoms with E-state index >= 15 is 0 Å². The average Bonchev–Trinajstić information content (AvgIpc) is 2.62. The molecule has 0 heterocycles. The van der Waals surface area contributed by atoms with Crippen LogP contribution in [0, 0.1) is 0 Å². The Morgan fingerprint density at radius 1 is 0.750 bits per heavy atom. The number of ether oxygens (including phenoxy) is 1. The van der Waals surface area contributed by atoms with E-state index in [0.29, 0.717) is 17.5 Å². The van der Waals surface area contributed by atoms with Gasteiger partial charge in [0.2, 0.25) is 0 Å². The first kappa shape index (κ1) is 16.9. The van der Waals surface area contributed by atoms with Gasteiger partial charge in [0, 0.05) is 17.3 Å². The zero-order valence-corrected chi connectivity index (χ0v) is 14.7. The Bertz CT molecular complexity index is 800. The molecule has 3 aromatic carbocycles. The number of para-hydroxylation sites is 1. The Balaban J connectivity index is 1.75. The van der Waals surface area contributed by atoms with Crippen molar-refractivity contribution in [2.45, 2.75) is 18.9 Å². The molecule has 0 saturated heterocycles. The lowest BCUT2D eigenvalue weighted by molar-refractivity contribution is 0.303. The van der Waals surface area contributed by atoms with E-state index in [1.807, 2.05) is 48.5 Å². The highest BCUT2D eigenvalue weighted by molar-refractivity contribution is 6.32. The van der Waals surface area contributed by atoms with E-state index in [1.54, 1.807) is 0 Å². The lowest BCUT2D eigenvalue weighted by Gasteiger charge is -2.12. The van der Waals surface area contributed by atoms with Crippen molar-refractivity contribution in [3.05, 3.63) is 100 Å². The van der Waals surface area contributed by atoms with Crippen LogP contribution in [0.15, 0.2) is 72.8 Å². The molecule has 0 aromatic heterocycles. The molecule has 0 radical (unpaired) electrons. The Labute approximate surface area is 152 Å². The van der Waals surface area contributed by atoms with Gasteiger partial charge in [0.15, 0.2) is 0 Å². The second kappa shape index (κ2) is 8.23. The number of rotatable bonds is 6. The maximum absolute atomic E-state index is 6.26. The van der Waals surface area contributed by atoms with Crippen LogP contribution in [-0.2, 0) is 18.9 Å². The van der Waals surface area contributed by atoms with Crippen LogP contribution < -0.4 is 4.74 Å². The smallest absolute Gasteiger partial charge is 0.123 e. The fraction of sp³-hybridized carbons (Fsp3) is 0.143. The third-order valence-electron chi connectivity index (χ3n) is 3.87. The minimum Gasteiger partial charge on any atom is -0.489 e. The molecule has 0 aliphatic rings. The van der Waals surface area contributed by atoms with E-state index in [0.717, 1.165) is 34.4 Å². The van der Waals surface area contributed by atoms with E-state index in [9.17, 15) is 0 Å². The van der Waals surface area contributed by atoms with E-state index in [1.165, 1.54) is 0 Å². The van der Waals surface area contributed by atoms with Crippen LogP contribution in [0.25, 0.3) is 0 Å². The lowest BCUT2D eigenvalue weighted by atomic mass is 10.0. The van der Waals surface area contributed by atoms with Gasteiger partial charge in [0.05, 0.1) is 0 Å². The molecule has 0 spiro atoms. The van der Waals surface area contributed by atoms with E-state index < -0.39 is 0 Å². The number of hydrogen-bond acceptors (Lipinski definition) is 1. The summed E-state index contributed by atoms with van der Waals surface area (Å²) in [6.07, 6.45) is 0.771. The van der Waals surface area contributed by atoms with Crippen LogP contribution >= 0.6 is 23.2 Å². The molecule has 0 unspecified atom stereocenters. The second-order valence-corrected chi connectivity index (χ2v) is 6.29. The third kappa shape index (κ3) is 4.31. The molecule has 3 rings (SSSR count). The molecule has 3 aromatic rings. The topological polar surface area (TPSA) is 9.23 Å². The van der Waals surface area contributed by atoms with Crippen LogP contribution in [-0.4, -0.2) is 0 Å². The fourth-order valence-electron chi connectivity index (χ4n) is 2.56. The standard InChI is InChI=1S/C21H18Cl2O/c22-14-19-11-10-17(13-20(19)23)12-18-8-4-5-9-21(18)24-15-16-6-2-1-3-7-16/h1-11,13H,12,14-15H2. The summed E-state index contributed by atoms with van der Waals surface area (Å²) in [7, 11) is 0. The molecule has 24 heavy (non-hydrogen) atoms. The summed E-state index contributed by atoms with van der Waals surface area (Å²) in [5, 5.41) is 0.713. The normalized spacial score (nSPS) is 10.6. The summed E-state index contributed by atoms with van der Waals surface area (Å²) >= 11 is 12.1. The first-order valence-electron chi connectivity index (χ1n) is 7.84. The number of benzene rings is 3. The van der Waals surface area contributed by atoms with Crippen molar-refractivity contribution >= 4 is 23.2 Å². The van der Waals surface area contributed by atoms with Gasteiger partial charge in [-0.1, -0.05) is 72.3 Å². The number of halogens is 2. The maximum atomic E-state index is 6.26. The van der Waals surface area contributed by atoms with Gasteiger partial charge >= 0.3 is 0 Å². The van der Waals surface area contributed by atoms with Crippen molar-refractivity contribution in [3.63, 3.8) is 0 Å². The molecular weight excluding hydrogens is 339 g/mol. The Morgan fingerprint density at radius 3 is 2.25 bits per heavy atom. The molecular formula is C21H18Cl2O. The van der Waals surface area contributed by atoms with Crippen molar-refractivity contribution in [1.29, 1.82) is 0 Å². The number of alkyl halides is 1. The summed E-state index contributed by atoms with van der Waals surface area (Å²) in [6, 6.07) is 24.3. The summed E-state index contributed by atoms with van der Waals surface area (Å²) in [5.74, 6) is 1.33. The van der Waals surface area contributed by atoms with Crippen LogP contribution in [0.5, 0.6) is 5.75 Å². The maximum Gasteiger partial charge on any atom is 0.123 e. The van der Waals surface area contributed by atoms with Crippen molar-refractivity contribution < 1.29 is 4.74 Å². The van der Waals surface area contributed by atoms with Crippen molar-refractivity contribution in [2.24, 2.45) is 0 Å². The highest BCUT2D eigenvalue weighted by atomic mass is 35.5. The SMILES string of the molecule is ClCc1ccc(Cc2ccccc2OCc2ccccc2)cc1Cl. The predicted octanol–water partition coefficient (Wildman–Crippen LogP) is 6.25. The Morgan fingerprint density at radius 2 is 1.50 bits per heavy atom. The van der Waals surface area contributed by atoms with Gasteiger partial charge in [-0.2, -0.15) is 0 Å². The number of hydrogen-bond donors (Lipinski definition) is 0. The summed E-state index contributed by atoms with van der Waals surface area (Å²) < 4.78 is 6.02. The summed E-state index contributed by atoms with van der Waals surface area (Å²) in [6.45, 7) is 0.559. The third-order valence-corrected chi connectivity index (χ3v) is 4.51. The molecule has 0 fully saturated rings. The second-order valence-electron chi connectivity index (χ2n) is 5.62. The minimum atomic E-state index is 0.426. The zero-order chi connectivity index (χ0) is 16.8. The van der Waals surface area contributed by atoms with Gasteiger partial charge in [-0.05, 0) is 34.4 Å². The average molecular weight is 357 g/mol. The fourth-order valence-corrected chi connectivity index (χ4v) is 3.13. The van der Waals surface area contributed by atoms with Gasteiger partial charge < -0.3 is 4.74 Å². The van der Waals surface area contributed by atoms with Crippen LogP contribution in [0.4, 0.5) is 0 Å². The molecule has 3 heteroatoms. The van der Waals surface area contributed by atoms with E-state index in [4.69, 9.17) is 27.9 Å². The van der Waals surface area contributed by atoms with Crippen LogP contribution in [0.2, 0.25) is 5.02 Å². The summed E-state index contributed by atoms with van der Waals surface area (Å²) in [4.78, 5) is 0. The van der Waals surface area contributed by atoms with Gasteiger partial charge in [-0.3, -0.25) is 0 Å². The van der Waals surface area contributed by atoms with E-state index in [-0.39, 0.29) is 0 Å².